The van der Waals surface area contributed by atoms with Gasteiger partial charge in [0, 0.05) is 6.26 Å². The maximum atomic E-state index is 13.9. The molecule has 0 saturated carbocycles. The van der Waals surface area contributed by atoms with Crippen LogP contribution >= 0.6 is 0 Å². The van der Waals surface area contributed by atoms with Gasteiger partial charge in [-0.3, -0.25) is 0 Å². The van der Waals surface area contributed by atoms with E-state index in [-0.39, 0.29) is 16.4 Å². The number of nitrogens with one attached hydrogen (secondary N) is 1. The molecule has 0 fully saturated rings. The predicted molar refractivity (Wildman–Crippen MR) is 137 cm³/mol. The predicted octanol–water partition coefficient (Wildman–Crippen LogP) is 4.60. The molecule has 2 radical (unpaired) electrons. The summed E-state index contributed by atoms with van der Waals surface area (Å²) in [6.07, 6.45) is 4.95. The number of allylic oxidation sites excluding steroid dienone is 4. The molecule has 4 rings (SSSR count). The van der Waals surface area contributed by atoms with Crippen molar-refractivity contribution >= 4 is 49.6 Å². The van der Waals surface area contributed by atoms with Gasteiger partial charge >= 0.3 is 160 Å². The zero-order valence-electron chi connectivity index (χ0n) is 19.4. The molecule has 1 aliphatic carbocycles. The third kappa shape index (κ3) is 5.17. The Morgan fingerprint density at radius 2 is 1.89 bits per heavy atom. The van der Waals surface area contributed by atoms with E-state index in [0.29, 0.717) is 34.6 Å². The van der Waals surface area contributed by atoms with E-state index < -0.39 is 15.7 Å². The number of rotatable bonds is 5. The van der Waals surface area contributed by atoms with Crippen LogP contribution in [-0.4, -0.2) is 53.3 Å². The standard InChI is InChI=1S/C26H21AsFN3O4S/c1-15-19(10-11-22(31-33)24(15)27)25-20(4-3-13-29-25)26(32)30-18-8-5-16(6-9-18)21-14-17(28)7-12-23(21)36(2,34)35/h3-10,12-14,33H,11H2,1-2H3,(H,30,32). The number of oxime groups is 1. The molecule has 0 aliphatic heterocycles. The van der Waals surface area contributed by atoms with Crippen LogP contribution in [0.2, 0.25) is 0 Å². The number of carbonyl (C=O) groups is 1. The van der Waals surface area contributed by atoms with E-state index in [2.05, 4.69) is 32.3 Å². The molecule has 36 heavy (non-hydrogen) atoms. The van der Waals surface area contributed by atoms with E-state index in [1.165, 1.54) is 12.1 Å². The van der Waals surface area contributed by atoms with Crippen molar-refractivity contribution in [3.8, 4) is 11.1 Å². The fraction of sp³-hybridized carbons (Fsp3) is 0.115. The number of amides is 1. The molecule has 0 spiro atoms. The number of halogens is 1. The minimum absolute atomic E-state index is 0.0215. The number of aromatic nitrogens is 1. The average Bonchev–Trinajstić information content (AvgIpc) is 2.85. The molecule has 1 aliphatic rings. The summed E-state index contributed by atoms with van der Waals surface area (Å²) >= 11 is 2.38. The molecule has 10 heteroatoms. The van der Waals surface area contributed by atoms with Crippen molar-refractivity contribution in [1.82, 2.24) is 4.98 Å². The van der Waals surface area contributed by atoms with Gasteiger partial charge in [-0.15, -0.1) is 0 Å². The zero-order valence-corrected chi connectivity index (χ0v) is 22.1. The van der Waals surface area contributed by atoms with Crippen LogP contribution < -0.4 is 5.32 Å². The Morgan fingerprint density at radius 3 is 2.56 bits per heavy atom. The summed E-state index contributed by atoms with van der Waals surface area (Å²) < 4.78 is 38.9. The van der Waals surface area contributed by atoms with Gasteiger partial charge in [0.1, 0.15) is 5.82 Å². The number of carbonyl (C=O) groups excluding carboxylic acids is 1. The van der Waals surface area contributed by atoms with E-state index in [9.17, 15) is 22.8 Å². The average molecular weight is 565 g/mol. The van der Waals surface area contributed by atoms with Crippen molar-refractivity contribution < 1.29 is 22.8 Å². The van der Waals surface area contributed by atoms with E-state index in [4.69, 9.17) is 0 Å². The summed E-state index contributed by atoms with van der Waals surface area (Å²) in [4.78, 5) is 17.6. The molecule has 182 valence electrons. The third-order valence-corrected chi connectivity index (χ3v) is 8.16. The summed E-state index contributed by atoms with van der Waals surface area (Å²) in [5, 5.41) is 15.3. The number of hydrogen-bond donors (Lipinski definition) is 2. The van der Waals surface area contributed by atoms with E-state index in [1.54, 1.807) is 42.6 Å². The zero-order chi connectivity index (χ0) is 26.0. The van der Waals surface area contributed by atoms with Crippen molar-refractivity contribution in [3.05, 3.63) is 93.9 Å². The van der Waals surface area contributed by atoms with Crippen LogP contribution in [0.15, 0.2) is 86.9 Å². The SMILES string of the molecule is CC1=C([As])C(=NO)CC=C1c1ncccc1C(=O)Nc1ccc(-c2cc(F)ccc2S(C)(=O)=O)cc1. The van der Waals surface area contributed by atoms with Gasteiger partial charge in [0.05, 0.1) is 4.90 Å². The fourth-order valence-corrected chi connectivity index (χ4v) is 5.37. The first kappa shape index (κ1) is 25.5. The number of pyridine rings is 1. The van der Waals surface area contributed by atoms with E-state index in [0.717, 1.165) is 27.8 Å². The van der Waals surface area contributed by atoms with Crippen LogP contribution in [0.5, 0.6) is 0 Å². The van der Waals surface area contributed by atoms with Crippen LogP contribution in [0.3, 0.4) is 0 Å². The number of anilines is 1. The van der Waals surface area contributed by atoms with Crippen LogP contribution in [0.4, 0.5) is 10.1 Å². The van der Waals surface area contributed by atoms with Crippen molar-refractivity contribution in [1.29, 1.82) is 0 Å². The van der Waals surface area contributed by atoms with Crippen molar-refractivity contribution in [2.75, 3.05) is 11.6 Å². The third-order valence-electron chi connectivity index (χ3n) is 5.76. The van der Waals surface area contributed by atoms with Crippen LogP contribution in [0.25, 0.3) is 16.7 Å². The van der Waals surface area contributed by atoms with Gasteiger partial charge in [0.2, 0.25) is 0 Å². The number of nitrogens with zero attached hydrogens (tertiary/aromatic N) is 2. The molecule has 0 atom stereocenters. The Morgan fingerprint density at radius 1 is 1.17 bits per heavy atom. The first-order valence-electron chi connectivity index (χ1n) is 10.8. The first-order chi connectivity index (χ1) is 17.1. The quantitative estimate of drug-likeness (QED) is 0.204. The first-order valence-corrected chi connectivity index (χ1v) is 13.6. The normalized spacial score (nSPS) is 15.1. The Labute approximate surface area is 216 Å². The van der Waals surface area contributed by atoms with Gasteiger partial charge in [-0.25, -0.2) is 12.8 Å². The van der Waals surface area contributed by atoms with E-state index in [1.807, 2.05) is 13.0 Å². The molecular weight excluding hydrogens is 544 g/mol. The van der Waals surface area contributed by atoms with Gasteiger partial charge in [0.15, 0.2) is 9.84 Å². The molecule has 3 aromatic rings. The Kier molecular flexibility index (Phi) is 7.24. The summed E-state index contributed by atoms with van der Waals surface area (Å²) in [6, 6.07) is 13.4. The van der Waals surface area contributed by atoms with Crippen molar-refractivity contribution in [3.63, 3.8) is 0 Å². The molecule has 1 heterocycles. The summed E-state index contributed by atoms with van der Waals surface area (Å²) in [5.74, 6) is -0.928. The Balaban J connectivity index is 1.62. The van der Waals surface area contributed by atoms with Crippen LogP contribution in [-0.2, 0) is 9.84 Å². The van der Waals surface area contributed by atoms with Gasteiger partial charge < -0.3 is 0 Å². The van der Waals surface area contributed by atoms with Crippen LogP contribution in [0.1, 0.15) is 29.4 Å². The maximum absolute atomic E-state index is 13.9. The van der Waals surface area contributed by atoms with Crippen molar-refractivity contribution in [2.45, 2.75) is 18.2 Å². The van der Waals surface area contributed by atoms with Gasteiger partial charge in [-0.1, -0.05) is 0 Å². The summed E-state index contributed by atoms with van der Waals surface area (Å²) in [7, 11) is -3.57. The van der Waals surface area contributed by atoms with Gasteiger partial charge in [0.25, 0.3) is 0 Å². The number of sulfone groups is 1. The fourth-order valence-electron chi connectivity index (χ4n) is 3.94. The number of hydrogen-bond acceptors (Lipinski definition) is 6. The van der Waals surface area contributed by atoms with E-state index >= 15 is 0 Å². The molecule has 0 unspecified atom stereocenters. The molecule has 1 amide bonds. The molecule has 7 nitrogen and oxygen atoms in total. The second-order valence-corrected chi connectivity index (χ2v) is 11.1. The second kappa shape index (κ2) is 10.2. The van der Waals surface area contributed by atoms with Gasteiger partial charge in [-0.05, 0) is 18.2 Å². The van der Waals surface area contributed by atoms with Gasteiger partial charge in [-0.2, -0.15) is 0 Å². The molecule has 0 bridgehead atoms. The molecule has 2 N–H and O–H groups in total. The summed E-state index contributed by atoms with van der Waals surface area (Å²) in [6.45, 7) is 1.87. The van der Waals surface area contributed by atoms with Crippen LogP contribution in [0, 0.1) is 5.82 Å². The summed E-state index contributed by atoms with van der Waals surface area (Å²) in [5.41, 5.74) is 4.23. The van der Waals surface area contributed by atoms with Crippen molar-refractivity contribution in [2.24, 2.45) is 5.16 Å². The minimum atomic E-state index is -3.57. The molecular formula is C26H21AsFN3O4S. The molecule has 1 aromatic heterocycles. The second-order valence-electron chi connectivity index (χ2n) is 8.19. The Hall–Kier alpha value is -3.55. The Bertz CT molecular complexity index is 1560. The monoisotopic (exact) mass is 565 g/mol. The number of benzene rings is 2. The molecule has 0 saturated heterocycles. The molecule has 2 aromatic carbocycles. The topological polar surface area (TPSA) is 109 Å².